The van der Waals surface area contributed by atoms with Crippen LogP contribution >= 0.6 is 23.5 Å². The number of carbonyl (C=O) groups excluding carboxylic acids is 1. The van der Waals surface area contributed by atoms with E-state index in [9.17, 15) is 4.79 Å². The summed E-state index contributed by atoms with van der Waals surface area (Å²) in [5.74, 6) is 1.72. The highest BCUT2D eigenvalue weighted by atomic mass is 32.2. The summed E-state index contributed by atoms with van der Waals surface area (Å²) in [6, 6.07) is -0.388. The second-order valence-electron chi connectivity index (χ2n) is 3.09. The fraction of sp³-hybridized carbons (Fsp3) is 0.444. The van der Waals surface area contributed by atoms with Gasteiger partial charge in [0, 0.05) is 0 Å². The smallest absolute Gasteiger partial charge is 0.243 e. The minimum Gasteiger partial charge on any atom is -0.243 e. The van der Waals surface area contributed by atoms with Crippen LogP contribution in [0.5, 0.6) is 0 Å². The molecule has 0 radical (unpaired) electrons. The van der Waals surface area contributed by atoms with Gasteiger partial charge in [0.2, 0.25) is 10.3 Å². The molecule has 7 nitrogen and oxygen atoms in total. The number of thioether (sulfide) groups is 2. The van der Waals surface area contributed by atoms with Crippen LogP contribution in [0.15, 0.2) is 23.0 Å². The van der Waals surface area contributed by atoms with Crippen molar-refractivity contribution in [2.45, 2.75) is 24.2 Å². The molecule has 2 rings (SSSR count). The second-order valence-corrected chi connectivity index (χ2v) is 5.55. The lowest BCUT2D eigenvalue weighted by Gasteiger charge is -1.96. The van der Waals surface area contributed by atoms with Crippen molar-refractivity contribution in [1.29, 1.82) is 0 Å². The average molecular weight is 284 g/mol. The van der Waals surface area contributed by atoms with Crippen LogP contribution in [0, 0.1) is 0 Å². The zero-order valence-electron chi connectivity index (χ0n) is 9.98. The van der Waals surface area contributed by atoms with E-state index in [0.717, 1.165) is 20.9 Å². The fourth-order valence-corrected chi connectivity index (χ4v) is 2.23. The Morgan fingerprint density at radius 3 is 1.89 bits per heavy atom. The van der Waals surface area contributed by atoms with Crippen molar-refractivity contribution < 1.29 is 4.79 Å². The third-order valence-corrected chi connectivity index (χ3v) is 3.35. The predicted molar refractivity (Wildman–Crippen MR) is 69.0 cm³/mol. The molecule has 0 aliphatic heterocycles. The first kappa shape index (κ1) is 13.1. The molecule has 0 saturated heterocycles. The van der Waals surface area contributed by atoms with E-state index >= 15 is 0 Å². The monoisotopic (exact) mass is 284 g/mol. The predicted octanol–water partition coefficient (Wildman–Crippen LogP) is 1.61. The summed E-state index contributed by atoms with van der Waals surface area (Å²) < 4.78 is 2.32. The van der Waals surface area contributed by atoms with E-state index in [0.29, 0.717) is 10.3 Å². The normalized spacial score (nSPS) is 10.8. The van der Waals surface area contributed by atoms with Gasteiger partial charge >= 0.3 is 6.03 Å². The fourth-order valence-electron chi connectivity index (χ4n) is 1.18. The lowest BCUT2D eigenvalue weighted by atomic mass is 10.9. The summed E-state index contributed by atoms with van der Waals surface area (Å²) in [6.45, 7) is 4.00. The molecule has 0 amide bonds. The third kappa shape index (κ3) is 2.91. The van der Waals surface area contributed by atoms with Crippen molar-refractivity contribution >= 4 is 29.6 Å². The van der Waals surface area contributed by atoms with Crippen LogP contribution in [-0.4, -0.2) is 47.1 Å². The Kier molecular flexibility index (Phi) is 4.37. The Labute approximate surface area is 112 Å². The van der Waals surface area contributed by atoms with Crippen molar-refractivity contribution in [1.82, 2.24) is 29.5 Å². The van der Waals surface area contributed by atoms with Crippen LogP contribution in [0.4, 0.5) is 4.79 Å². The molecule has 0 N–H and O–H groups in total. The minimum atomic E-state index is -0.388. The first-order valence-electron chi connectivity index (χ1n) is 5.38. The Bertz CT molecular complexity index is 490. The topological polar surface area (TPSA) is 78.5 Å². The van der Waals surface area contributed by atoms with Crippen molar-refractivity contribution in [3.63, 3.8) is 0 Å². The van der Waals surface area contributed by atoms with Crippen LogP contribution in [0.25, 0.3) is 0 Å². The molecule has 2 aromatic rings. The molecule has 0 fully saturated rings. The number of hydrogen-bond donors (Lipinski definition) is 0. The maximum Gasteiger partial charge on any atom is 0.372 e. The molecular formula is C9H12N6OS2. The van der Waals surface area contributed by atoms with Crippen molar-refractivity contribution in [3.05, 3.63) is 12.7 Å². The van der Waals surface area contributed by atoms with Gasteiger partial charge in [0.15, 0.2) is 0 Å². The largest absolute Gasteiger partial charge is 0.372 e. The number of carbonyl (C=O) groups is 1. The van der Waals surface area contributed by atoms with E-state index in [1.807, 2.05) is 13.8 Å². The first-order valence-corrected chi connectivity index (χ1v) is 7.35. The van der Waals surface area contributed by atoms with Gasteiger partial charge in [0.25, 0.3) is 0 Å². The molecule has 18 heavy (non-hydrogen) atoms. The highest BCUT2D eigenvalue weighted by Gasteiger charge is 2.13. The van der Waals surface area contributed by atoms with Gasteiger partial charge in [-0.05, 0) is 11.5 Å². The van der Waals surface area contributed by atoms with E-state index in [1.165, 1.54) is 36.2 Å². The summed E-state index contributed by atoms with van der Waals surface area (Å²) in [4.78, 5) is 20.0. The molecule has 0 spiro atoms. The molecule has 0 bridgehead atoms. The number of nitrogens with zero attached hydrogens (tertiary/aromatic N) is 6. The van der Waals surface area contributed by atoms with Gasteiger partial charge in [-0.3, -0.25) is 0 Å². The number of rotatable bonds is 4. The Hall–Kier alpha value is -1.35. The van der Waals surface area contributed by atoms with E-state index < -0.39 is 0 Å². The van der Waals surface area contributed by atoms with E-state index in [-0.39, 0.29) is 6.03 Å². The van der Waals surface area contributed by atoms with E-state index in [1.54, 1.807) is 0 Å². The maximum atomic E-state index is 12.0. The molecule has 0 aliphatic carbocycles. The zero-order valence-corrected chi connectivity index (χ0v) is 11.6. The summed E-state index contributed by atoms with van der Waals surface area (Å²) in [6.07, 6.45) is 2.77. The first-order chi connectivity index (χ1) is 8.74. The van der Waals surface area contributed by atoms with Crippen molar-refractivity contribution in [2.24, 2.45) is 0 Å². The van der Waals surface area contributed by atoms with E-state index in [4.69, 9.17) is 0 Å². The molecule has 0 unspecified atom stereocenters. The van der Waals surface area contributed by atoms with Gasteiger partial charge in [0.1, 0.15) is 12.7 Å². The Balaban J connectivity index is 2.13. The zero-order chi connectivity index (χ0) is 13.0. The highest BCUT2D eigenvalue weighted by molar-refractivity contribution is 7.99. The molecule has 0 aliphatic rings. The lowest BCUT2D eigenvalue weighted by Crippen LogP contribution is -2.20. The molecule has 2 aromatic heterocycles. The van der Waals surface area contributed by atoms with Gasteiger partial charge < -0.3 is 0 Å². The average Bonchev–Trinajstić information content (AvgIpc) is 2.98. The van der Waals surface area contributed by atoms with Gasteiger partial charge in [0.05, 0.1) is 0 Å². The van der Waals surface area contributed by atoms with Crippen LogP contribution < -0.4 is 0 Å². The summed E-state index contributed by atoms with van der Waals surface area (Å²) in [5, 5.41) is 9.27. The standard InChI is InChI=1S/C9H12N6OS2/c1-3-17-7-10-5-14(12-7)9(16)15-6-11-8(13-15)18-4-2/h5-6H,3-4H2,1-2H3. The maximum absolute atomic E-state index is 12.0. The van der Waals surface area contributed by atoms with Crippen molar-refractivity contribution in [3.8, 4) is 0 Å². The lowest BCUT2D eigenvalue weighted by molar-refractivity contribution is 0.237. The van der Waals surface area contributed by atoms with Gasteiger partial charge in [-0.2, -0.15) is 9.36 Å². The minimum absolute atomic E-state index is 0.388. The molecule has 96 valence electrons. The Morgan fingerprint density at radius 2 is 1.50 bits per heavy atom. The summed E-state index contributed by atoms with van der Waals surface area (Å²) in [7, 11) is 0. The molecule has 9 heteroatoms. The van der Waals surface area contributed by atoms with Crippen LogP contribution in [-0.2, 0) is 0 Å². The quantitative estimate of drug-likeness (QED) is 0.789. The van der Waals surface area contributed by atoms with Gasteiger partial charge in [-0.1, -0.05) is 37.4 Å². The van der Waals surface area contributed by atoms with Gasteiger partial charge in [-0.25, -0.2) is 14.8 Å². The highest BCUT2D eigenvalue weighted by Crippen LogP contribution is 2.12. The Morgan fingerprint density at radius 1 is 1.06 bits per heavy atom. The number of hydrogen-bond acceptors (Lipinski definition) is 7. The second kappa shape index (κ2) is 6.01. The van der Waals surface area contributed by atoms with E-state index in [2.05, 4.69) is 20.2 Å². The van der Waals surface area contributed by atoms with Crippen LogP contribution in [0.3, 0.4) is 0 Å². The van der Waals surface area contributed by atoms with Crippen LogP contribution in [0.2, 0.25) is 0 Å². The molecule has 0 saturated carbocycles. The summed E-state index contributed by atoms with van der Waals surface area (Å²) >= 11 is 2.95. The van der Waals surface area contributed by atoms with Crippen molar-refractivity contribution in [2.75, 3.05) is 11.5 Å². The summed E-state index contributed by atoms with van der Waals surface area (Å²) in [5.41, 5.74) is 0. The molecule has 0 atom stereocenters. The third-order valence-electron chi connectivity index (χ3n) is 1.88. The van der Waals surface area contributed by atoms with Crippen LogP contribution in [0.1, 0.15) is 13.8 Å². The molecule has 2 heterocycles. The SMILES string of the molecule is CCSc1ncn(C(=O)n2cnc(SCC)n2)n1. The number of aromatic nitrogens is 6. The molecule has 0 aromatic carbocycles. The van der Waals surface area contributed by atoms with Gasteiger partial charge in [-0.15, -0.1) is 10.2 Å². The molecular weight excluding hydrogens is 272 g/mol.